The second-order valence-corrected chi connectivity index (χ2v) is 10.5. The predicted molar refractivity (Wildman–Crippen MR) is 121 cm³/mol. The molecule has 0 N–H and O–H groups in total. The summed E-state index contributed by atoms with van der Waals surface area (Å²) in [5.74, 6) is -0.655. The van der Waals surface area contributed by atoms with Crippen molar-refractivity contribution in [1.82, 2.24) is 14.1 Å². The summed E-state index contributed by atoms with van der Waals surface area (Å²) in [5.41, 5.74) is 1.22. The van der Waals surface area contributed by atoms with Crippen molar-refractivity contribution in [1.29, 1.82) is 5.26 Å². The van der Waals surface area contributed by atoms with Crippen LogP contribution in [0.1, 0.15) is 17.5 Å². The number of halogens is 1. The molecule has 172 valence electrons. The van der Waals surface area contributed by atoms with Crippen molar-refractivity contribution in [2.45, 2.75) is 17.9 Å². The van der Waals surface area contributed by atoms with Gasteiger partial charge >= 0.3 is 0 Å². The van der Waals surface area contributed by atoms with Crippen LogP contribution in [0, 0.1) is 17.2 Å². The zero-order valence-corrected chi connectivity index (χ0v) is 19.4. The third kappa shape index (κ3) is 4.88. The Morgan fingerprint density at radius 3 is 2.36 bits per heavy atom. The molecular weight excluding hydrogens is 464 g/mol. The second-order valence-electron chi connectivity index (χ2n) is 8.13. The van der Waals surface area contributed by atoms with Gasteiger partial charge in [-0.3, -0.25) is 9.59 Å². The van der Waals surface area contributed by atoms with E-state index in [0.29, 0.717) is 23.7 Å². The lowest BCUT2D eigenvalue weighted by Crippen LogP contribution is -2.52. The minimum Gasteiger partial charge on any atom is -0.340 e. The van der Waals surface area contributed by atoms with E-state index in [2.05, 4.69) is 0 Å². The van der Waals surface area contributed by atoms with Gasteiger partial charge in [-0.25, -0.2) is 8.42 Å². The molecule has 0 saturated carbocycles. The summed E-state index contributed by atoms with van der Waals surface area (Å²) in [7, 11) is -3.70. The standard InChI is InChI=1S/C23H23ClN4O4S/c24-21-4-2-1-3-18(21)15-27-16-19(13-22(27)29)23(30)26-9-11-28(12-10-26)33(31,32)20-7-5-17(14-25)6-8-20/h1-8,19H,9-13,15-16H2/t19-/m1/s1. The molecule has 0 bridgehead atoms. The number of rotatable bonds is 5. The number of hydrogen-bond donors (Lipinski definition) is 0. The molecule has 0 spiro atoms. The van der Waals surface area contributed by atoms with Crippen LogP contribution < -0.4 is 0 Å². The zero-order chi connectivity index (χ0) is 23.6. The lowest BCUT2D eigenvalue weighted by atomic mass is 10.1. The summed E-state index contributed by atoms with van der Waals surface area (Å²) in [5, 5.41) is 9.48. The molecule has 0 aliphatic carbocycles. The quantitative estimate of drug-likeness (QED) is 0.644. The average molecular weight is 487 g/mol. The summed E-state index contributed by atoms with van der Waals surface area (Å²) in [6.07, 6.45) is 0.146. The van der Waals surface area contributed by atoms with Crippen LogP contribution in [0.15, 0.2) is 53.4 Å². The van der Waals surface area contributed by atoms with Crippen LogP contribution in [-0.2, 0) is 26.2 Å². The SMILES string of the molecule is N#Cc1ccc(S(=O)(=O)N2CCN(C(=O)[C@@H]3CC(=O)N(Cc4ccccc4Cl)C3)CC2)cc1. The van der Waals surface area contributed by atoms with Gasteiger partial charge in [-0.1, -0.05) is 29.8 Å². The number of likely N-dealkylation sites (tertiary alicyclic amines) is 1. The molecule has 2 aliphatic rings. The van der Waals surface area contributed by atoms with Crippen molar-refractivity contribution < 1.29 is 18.0 Å². The molecule has 2 heterocycles. The number of carbonyl (C=O) groups excluding carboxylic acids is 2. The Balaban J connectivity index is 1.35. The molecule has 10 heteroatoms. The van der Waals surface area contributed by atoms with Crippen molar-refractivity contribution in [2.24, 2.45) is 5.92 Å². The number of nitriles is 1. The molecule has 2 aromatic rings. The Morgan fingerprint density at radius 2 is 1.73 bits per heavy atom. The van der Waals surface area contributed by atoms with E-state index in [0.717, 1.165) is 5.56 Å². The first kappa shape index (κ1) is 23.2. The van der Waals surface area contributed by atoms with E-state index in [1.807, 2.05) is 24.3 Å². The van der Waals surface area contributed by atoms with E-state index in [9.17, 15) is 18.0 Å². The summed E-state index contributed by atoms with van der Waals surface area (Å²) >= 11 is 6.20. The third-order valence-corrected chi connectivity index (χ3v) is 8.34. The molecule has 0 aromatic heterocycles. The van der Waals surface area contributed by atoms with Crippen LogP contribution in [0.3, 0.4) is 0 Å². The third-order valence-electron chi connectivity index (χ3n) is 6.05. The van der Waals surface area contributed by atoms with Gasteiger partial charge in [0.1, 0.15) is 0 Å². The van der Waals surface area contributed by atoms with Crippen LogP contribution in [0.25, 0.3) is 0 Å². The molecule has 0 radical (unpaired) electrons. The Kier molecular flexibility index (Phi) is 6.70. The first-order valence-electron chi connectivity index (χ1n) is 10.6. The highest BCUT2D eigenvalue weighted by Gasteiger charge is 2.38. The van der Waals surface area contributed by atoms with Gasteiger partial charge in [-0.2, -0.15) is 9.57 Å². The molecule has 2 fully saturated rings. The van der Waals surface area contributed by atoms with Gasteiger partial charge in [0.25, 0.3) is 0 Å². The first-order valence-corrected chi connectivity index (χ1v) is 12.4. The fourth-order valence-corrected chi connectivity index (χ4v) is 5.80. The van der Waals surface area contributed by atoms with E-state index in [1.54, 1.807) is 15.9 Å². The largest absolute Gasteiger partial charge is 0.340 e. The minimum atomic E-state index is -3.70. The normalized spacial score (nSPS) is 19.5. The van der Waals surface area contributed by atoms with Crippen molar-refractivity contribution in [3.63, 3.8) is 0 Å². The molecule has 0 unspecified atom stereocenters. The summed E-state index contributed by atoms with van der Waals surface area (Å²) in [6.45, 7) is 1.58. The minimum absolute atomic E-state index is 0.0877. The van der Waals surface area contributed by atoms with Crippen LogP contribution in [0.2, 0.25) is 5.02 Å². The van der Waals surface area contributed by atoms with Gasteiger partial charge in [0.05, 0.1) is 22.4 Å². The number of piperazine rings is 1. The van der Waals surface area contributed by atoms with Crippen molar-refractivity contribution in [2.75, 3.05) is 32.7 Å². The van der Waals surface area contributed by atoms with E-state index in [4.69, 9.17) is 16.9 Å². The maximum atomic E-state index is 13.0. The van der Waals surface area contributed by atoms with Gasteiger partial charge in [0, 0.05) is 50.7 Å². The number of nitrogens with zero attached hydrogens (tertiary/aromatic N) is 4. The Bertz CT molecular complexity index is 1200. The van der Waals surface area contributed by atoms with E-state index < -0.39 is 15.9 Å². The molecule has 33 heavy (non-hydrogen) atoms. The second kappa shape index (κ2) is 9.51. The Hall–Kier alpha value is -2.93. The summed E-state index contributed by atoms with van der Waals surface area (Å²) in [4.78, 5) is 28.9. The van der Waals surface area contributed by atoms with Crippen LogP contribution in [-0.4, -0.2) is 67.1 Å². The first-order chi connectivity index (χ1) is 15.8. The lowest BCUT2D eigenvalue weighted by Gasteiger charge is -2.35. The zero-order valence-electron chi connectivity index (χ0n) is 17.9. The van der Waals surface area contributed by atoms with Gasteiger partial charge in [-0.15, -0.1) is 0 Å². The van der Waals surface area contributed by atoms with E-state index in [-0.39, 0.29) is 49.3 Å². The van der Waals surface area contributed by atoms with Crippen LogP contribution >= 0.6 is 11.6 Å². The monoisotopic (exact) mass is 486 g/mol. The van der Waals surface area contributed by atoms with Gasteiger partial charge in [0.15, 0.2) is 0 Å². The molecule has 4 rings (SSSR count). The topological polar surface area (TPSA) is 102 Å². The molecule has 2 saturated heterocycles. The van der Waals surface area contributed by atoms with E-state index >= 15 is 0 Å². The number of hydrogen-bond acceptors (Lipinski definition) is 5. The fraction of sp³-hybridized carbons (Fsp3) is 0.348. The van der Waals surface area contributed by atoms with Crippen molar-refractivity contribution in [3.8, 4) is 6.07 Å². The number of sulfonamides is 1. The molecule has 1 atom stereocenters. The molecule has 2 aromatic carbocycles. The number of carbonyl (C=O) groups is 2. The van der Waals surface area contributed by atoms with Gasteiger partial charge < -0.3 is 9.80 Å². The summed E-state index contributed by atoms with van der Waals surface area (Å²) < 4.78 is 27.1. The Labute approximate surface area is 198 Å². The highest BCUT2D eigenvalue weighted by Crippen LogP contribution is 2.26. The van der Waals surface area contributed by atoms with Crippen LogP contribution in [0.5, 0.6) is 0 Å². The number of amides is 2. The fourth-order valence-electron chi connectivity index (χ4n) is 4.18. The molecule has 2 aliphatic heterocycles. The number of benzene rings is 2. The smallest absolute Gasteiger partial charge is 0.243 e. The molecular formula is C23H23ClN4O4S. The average Bonchev–Trinajstić information content (AvgIpc) is 3.20. The van der Waals surface area contributed by atoms with E-state index in [1.165, 1.54) is 28.6 Å². The molecule has 2 amide bonds. The predicted octanol–water partition coefficient (Wildman–Crippen LogP) is 2.09. The summed E-state index contributed by atoms with van der Waals surface area (Å²) in [6, 6.07) is 15.1. The van der Waals surface area contributed by atoms with Crippen LogP contribution in [0.4, 0.5) is 0 Å². The molecule has 8 nitrogen and oxygen atoms in total. The van der Waals surface area contributed by atoms with Gasteiger partial charge in [-0.05, 0) is 35.9 Å². The highest BCUT2D eigenvalue weighted by atomic mass is 35.5. The highest BCUT2D eigenvalue weighted by molar-refractivity contribution is 7.89. The van der Waals surface area contributed by atoms with Crippen molar-refractivity contribution in [3.05, 3.63) is 64.7 Å². The maximum absolute atomic E-state index is 13.0. The maximum Gasteiger partial charge on any atom is 0.243 e. The van der Waals surface area contributed by atoms with Crippen molar-refractivity contribution >= 4 is 33.4 Å². The lowest BCUT2D eigenvalue weighted by molar-refractivity contribution is -0.137. The Morgan fingerprint density at radius 1 is 1.06 bits per heavy atom. The van der Waals surface area contributed by atoms with Gasteiger partial charge in [0.2, 0.25) is 21.8 Å².